The summed E-state index contributed by atoms with van der Waals surface area (Å²) >= 11 is 5.78. The van der Waals surface area contributed by atoms with Crippen molar-refractivity contribution in [2.24, 2.45) is 0 Å². The van der Waals surface area contributed by atoms with Crippen LogP contribution in [0, 0.1) is 11.6 Å². The molecule has 0 bridgehead atoms. The van der Waals surface area contributed by atoms with Gasteiger partial charge >= 0.3 is 0 Å². The molecule has 0 aliphatic rings. The Bertz CT molecular complexity index is 832. The molecule has 0 aliphatic carbocycles. The molecule has 0 amide bonds. The number of para-hydroxylation sites is 1. The SMILES string of the molecule is O=C(c1cc(F)c(F)cc1Cl)n1nnc2ccccc21. The first-order chi connectivity index (χ1) is 9.58. The van der Waals surface area contributed by atoms with Crippen molar-refractivity contribution < 1.29 is 13.6 Å². The van der Waals surface area contributed by atoms with Crippen molar-refractivity contribution in [2.45, 2.75) is 0 Å². The molecule has 0 radical (unpaired) electrons. The van der Waals surface area contributed by atoms with Gasteiger partial charge in [-0.15, -0.1) is 5.10 Å². The lowest BCUT2D eigenvalue weighted by Crippen LogP contribution is -2.15. The van der Waals surface area contributed by atoms with Gasteiger partial charge < -0.3 is 0 Å². The second-order valence-electron chi connectivity index (χ2n) is 4.04. The van der Waals surface area contributed by atoms with Crippen LogP contribution in [0.1, 0.15) is 10.4 Å². The minimum atomic E-state index is -1.15. The third-order valence-corrected chi connectivity index (χ3v) is 3.10. The number of rotatable bonds is 1. The fourth-order valence-electron chi connectivity index (χ4n) is 1.82. The zero-order valence-electron chi connectivity index (χ0n) is 9.85. The molecule has 100 valence electrons. The fourth-order valence-corrected chi connectivity index (χ4v) is 2.05. The minimum Gasteiger partial charge on any atom is -0.267 e. The molecule has 3 rings (SSSR count). The highest BCUT2D eigenvalue weighted by Crippen LogP contribution is 2.22. The van der Waals surface area contributed by atoms with Gasteiger partial charge in [0.2, 0.25) is 0 Å². The van der Waals surface area contributed by atoms with E-state index >= 15 is 0 Å². The summed E-state index contributed by atoms with van der Waals surface area (Å²) in [6.07, 6.45) is 0. The molecule has 0 aliphatic heterocycles. The van der Waals surface area contributed by atoms with E-state index in [1.807, 2.05) is 0 Å². The van der Waals surface area contributed by atoms with Gasteiger partial charge in [-0.05, 0) is 24.3 Å². The van der Waals surface area contributed by atoms with E-state index in [0.717, 1.165) is 16.8 Å². The Morgan fingerprint density at radius 1 is 1.15 bits per heavy atom. The van der Waals surface area contributed by atoms with Gasteiger partial charge in [0.15, 0.2) is 11.6 Å². The molecule has 4 nitrogen and oxygen atoms in total. The summed E-state index contributed by atoms with van der Waals surface area (Å²) < 4.78 is 27.3. The highest BCUT2D eigenvalue weighted by Gasteiger charge is 2.19. The number of nitrogens with zero attached hydrogens (tertiary/aromatic N) is 3. The first kappa shape index (κ1) is 12.7. The maximum absolute atomic E-state index is 13.2. The number of halogens is 3. The molecular weight excluding hydrogens is 288 g/mol. The van der Waals surface area contributed by atoms with E-state index in [1.165, 1.54) is 0 Å². The molecule has 1 heterocycles. The van der Waals surface area contributed by atoms with Crippen LogP contribution in [0.2, 0.25) is 5.02 Å². The number of carbonyl (C=O) groups is 1. The molecule has 0 saturated heterocycles. The van der Waals surface area contributed by atoms with Crippen LogP contribution in [0.15, 0.2) is 36.4 Å². The number of benzene rings is 2. The monoisotopic (exact) mass is 293 g/mol. The predicted molar refractivity (Wildman–Crippen MR) is 68.6 cm³/mol. The van der Waals surface area contributed by atoms with Gasteiger partial charge in [-0.3, -0.25) is 4.79 Å². The van der Waals surface area contributed by atoms with Gasteiger partial charge in [0.1, 0.15) is 5.52 Å². The van der Waals surface area contributed by atoms with E-state index in [9.17, 15) is 13.6 Å². The lowest BCUT2D eigenvalue weighted by molar-refractivity contribution is 0.0947. The molecule has 7 heteroatoms. The topological polar surface area (TPSA) is 47.8 Å². The lowest BCUT2D eigenvalue weighted by atomic mass is 10.2. The molecular formula is C13H6ClF2N3O. The summed E-state index contributed by atoms with van der Waals surface area (Å²) in [4.78, 5) is 12.3. The van der Waals surface area contributed by atoms with Crippen LogP contribution in [-0.2, 0) is 0 Å². The van der Waals surface area contributed by atoms with E-state index in [1.54, 1.807) is 24.3 Å². The summed E-state index contributed by atoms with van der Waals surface area (Å²) in [5.74, 6) is -2.94. The summed E-state index contributed by atoms with van der Waals surface area (Å²) in [5, 5.41) is 7.34. The van der Waals surface area contributed by atoms with Crippen LogP contribution < -0.4 is 0 Å². The van der Waals surface area contributed by atoms with Gasteiger partial charge in [0, 0.05) is 0 Å². The Hall–Kier alpha value is -2.34. The molecule has 0 fully saturated rings. The zero-order chi connectivity index (χ0) is 14.3. The number of aromatic nitrogens is 3. The molecule has 0 saturated carbocycles. The van der Waals surface area contributed by atoms with Gasteiger partial charge in [-0.2, -0.15) is 4.68 Å². The Kier molecular flexibility index (Phi) is 2.94. The first-order valence-electron chi connectivity index (χ1n) is 5.57. The van der Waals surface area contributed by atoms with E-state index in [4.69, 9.17) is 11.6 Å². The van der Waals surface area contributed by atoms with Crippen molar-refractivity contribution in [3.8, 4) is 0 Å². The maximum Gasteiger partial charge on any atom is 0.281 e. The maximum atomic E-state index is 13.2. The largest absolute Gasteiger partial charge is 0.281 e. The van der Waals surface area contributed by atoms with Crippen LogP contribution in [-0.4, -0.2) is 20.9 Å². The average molecular weight is 294 g/mol. The Morgan fingerprint density at radius 2 is 1.85 bits per heavy atom. The Balaban J connectivity index is 2.16. The van der Waals surface area contributed by atoms with Crippen molar-refractivity contribution in [3.05, 3.63) is 58.6 Å². The van der Waals surface area contributed by atoms with Crippen LogP contribution in [0.5, 0.6) is 0 Å². The lowest BCUT2D eigenvalue weighted by Gasteiger charge is -2.04. The van der Waals surface area contributed by atoms with E-state index < -0.39 is 17.5 Å². The fraction of sp³-hybridized carbons (Fsp3) is 0. The first-order valence-corrected chi connectivity index (χ1v) is 5.95. The van der Waals surface area contributed by atoms with Crippen molar-refractivity contribution in [2.75, 3.05) is 0 Å². The molecule has 0 unspecified atom stereocenters. The molecule has 0 spiro atoms. The smallest absolute Gasteiger partial charge is 0.267 e. The molecule has 20 heavy (non-hydrogen) atoms. The standard InChI is InChI=1S/C13H6ClF2N3O/c14-8-6-10(16)9(15)5-7(8)13(20)19-12-4-2-1-3-11(12)17-18-19/h1-6H. The number of fused-ring (bicyclic) bond motifs is 1. The average Bonchev–Trinajstić information content (AvgIpc) is 2.86. The summed E-state index contributed by atoms with van der Waals surface area (Å²) in [7, 11) is 0. The highest BCUT2D eigenvalue weighted by atomic mass is 35.5. The molecule has 1 aromatic heterocycles. The van der Waals surface area contributed by atoms with E-state index in [-0.39, 0.29) is 10.6 Å². The van der Waals surface area contributed by atoms with Gasteiger partial charge in [-0.25, -0.2) is 8.78 Å². The summed E-state index contributed by atoms with van der Waals surface area (Å²) in [6, 6.07) is 8.28. The number of hydrogen-bond acceptors (Lipinski definition) is 3. The number of hydrogen-bond donors (Lipinski definition) is 0. The van der Waals surface area contributed by atoms with Gasteiger partial charge in [0.25, 0.3) is 5.91 Å². The van der Waals surface area contributed by atoms with Gasteiger partial charge in [-0.1, -0.05) is 28.9 Å². The quantitative estimate of drug-likeness (QED) is 0.648. The van der Waals surface area contributed by atoms with E-state index in [0.29, 0.717) is 11.0 Å². The second kappa shape index (κ2) is 4.64. The predicted octanol–water partition coefficient (Wildman–Crippen LogP) is 3.05. The van der Waals surface area contributed by atoms with Crippen LogP contribution in [0.3, 0.4) is 0 Å². The van der Waals surface area contributed by atoms with Crippen molar-refractivity contribution >= 4 is 28.5 Å². The summed E-state index contributed by atoms with van der Waals surface area (Å²) in [5.41, 5.74) is 0.791. The number of carbonyl (C=O) groups excluding carboxylic acids is 1. The zero-order valence-corrected chi connectivity index (χ0v) is 10.6. The highest BCUT2D eigenvalue weighted by molar-refractivity contribution is 6.34. The van der Waals surface area contributed by atoms with Crippen LogP contribution >= 0.6 is 11.6 Å². The molecule has 3 aromatic rings. The third kappa shape index (κ3) is 1.94. The normalized spacial score (nSPS) is 10.9. The molecule has 2 aromatic carbocycles. The molecule has 0 N–H and O–H groups in total. The second-order valence-corrected chi connectivity index (χ2v) is 4.45. The summed E-state index contributed by atoms with van der Waals surface area (Å²) in [6.45, 7) is 0. The van der Waals surface area contributed by atoms with Crippen LogP contribution in [0.4, 0.5) is 8.78 Å². The van der Waals surface area contributed by atoms with E-state index in [2.05, 4.69) is 10.3 Å². The van der Waals surface area contributed by atoms with Gasteiger partial charge in [0.05, 0.1) is 16.1 Å². The Morgan fingerprint density at radius 3 is 2.65 bits per heavy atom. The minimum absolute atomic E-state index is 0.179. The van der Waals surface area contributed by atoms with Crippen LogP contribution in [0.25, 0.3) is 11.0 Å². The Labute approximate surface area is 116 Å². The molecule has 0 atom stereocenters. The van der Waals surface area contributed by atoms with Crippen molar-refractivity contribution in [3.63, 3.8) is 0 Å². The third-order valence-electron chi connectivity index (χ3n) is 2.78. The van der Waals surface area contributed by atoms with Crippen molar-refractivity contribution in [1.82, 2.24) is 15.0 Å². The van der Waals surface area contributed by atoms with Crippen molar-refractivity contribution in [1.29, 1.82) is 0 Å².